The highest BCUT2D eigenvalue weighted by Gasteiger charge is 2.16. The molecule has 2 aromatic rings. The van der Waals surface area contributed by atoms with E-state index in [1.165, 1.54) is 11.8 Å². The molecule has 1 aromatic heterocycles. The Kier molecular flexibility index (Phi) is 5.60. The molecule has 116 valence electrons. The van der Waals surface area contributed by atoms with E-state index in [9.17, 15) is 4.79 Å². The van der Waals surface area contributed by atoms with Crippen molar-refractivity contribution >= 4 is 23.4 Å². The summed E-state index contributed by atoms with van der Waals surface area (Å²) in [5.41, 5.74) is 0.614. The minimum atomic E-state index is -0.334. The Hall–Kier alpha value is -2.28. The van der Waals surface area contributed by atoms with Gasteiger partial charge in [0.2, 0.25) is 5.91 Å². The summed E-state index contributed by atoms with van der Waals surface area (Å²) in [6.45, 7) is 1.80. The number of carbonyl (C=O) groups is 1. The highest BCUT2D eigenvalue weighted by atomic mass is 32.2. The molecule has 0 radical (unpaired) electrons. The Morgan fingerprint density at radius 2 is 1.73 bits per heavy atom. The summed E-state index contributed by atoms with van der Waals surface area (Å²) in [4.78, 5) is 20.4. The van der Waals surface area contributed by atoms with Crippen molar-refractivity contribution < 1.29 is 14.3 Å². The molecule has 1 unspecified atom stereocenters. The zero-order valence-electron chi connectivity index (χ0n) is 12.6. The second-order valence-electron chi connectivity index (χ2n) is 4.38. The van der Waals surface area contributed by atoms with Crippen molar-refractivity contribution in [1.29, 1.82) is 0 Å². The molecule has 1 atom stereocenters. The first-order valence-electron chi connectivity index (χ1n) is 6.60. The molecule has 0 saturated carbocycles. The molecule has 1 aromatic carbocycles. The molecule has 0 aliphatic rings. The van der Waals surface area contributed by atoms with Crippen molar-refractivity contribution in [1.82, 2.24) is 9.97 Å². The maximum atomic E-state index is 12.2. The van der Waals surface area contributed by atoms with Gasteiger partial charge in [0.1, 0.15) is 11.5 Å². The molecule has 2 rings (SSSR count). The highest BCUT2D eigenvalue weighted by Crippen LogP contribution is 2.27. The number of amides is 1. The average Bonchev–Trinajstić information content (AvgIpc) is 2.55. The third-order valence-electron chi connectivity index (χ3n) is 2.81. The van der Waals surface area contributed by atoms with E-state index in [4.69, 9.17) is 9.47 Å². The number of hydrogen-bond donors (Lipinski definition) is 1. The lowest BCUT2D eigenvalue weighted by molar-refractivity contribution is -0.115. The number of carbonyl (C=O) groups excluding carboxylic acids is 1. The van der Waals surface area contributed by atoms with Crippen molar-refractivity contribution in [2.75, 3.05) is 19.5 Å². The Balaban J connectivity index is 2.04. The highest BCUT2D eigenvalue weighted by molar-refractivity contribution is 8.00. The van der Waals surface area contributed by atoms with Crippen LogP contribution in [0.1, 0.15) is 6.92 Å². The topological polar surface area (TPSA) is 73.3 Å². The smallest absolute Gasteiger partial charge is 0.237 e. The van der Waals surface area contributed by atoms with Crippen LogP contribution in [-0.4, -0.2) is 35.3 Å². The molecule has 22 heavy (non-hydrogen) atoms. The minimum absolute atomic E-state index is 0.146. The third kappa shape index (κ3) is 4.36. The van der Waals surface area contributed by atoms with E-state index in [0.29, 0.717) is 22.3 Å². The van der Waals surface area contributed by atoms with Crippen LogP contribution >= 0.6 is 11.8 Å². The molecular formula is C15H17N3O3S. The number of anilines is 1. The molecule has 0 saturated heterocycles. The van der Waals surface area contributed by atoms with Gasteiger partial charge in [-0.25, -0.2) is 9.97 Å². The lowest BCUT2D eigenvalue weighted by Gasteiger charge is -2.13. The second kappa shape index (κ2) is 7.65. The number of ether oxygens (including phenoxy) is 2. The van der Waals surface area contributed by atoms with Crippen LogP contribution in [0.5, 0.6) is 11.5 Å². The molecule has 1 heterocycles. The monoisotopic (exact) mass is 319 g/mol. The van der Waals surface area contributed by atoms with Gasteiger partial charge in [-0.15, -0.1) is 0 Å². The molecule has 0 aliphatic carbocycles. The van der Waals surface area contributed by atoms with Crippen LogP contribution in [0, 0.1) is 0 Å². The van der Waals surface area contributed by atoms with Crippen LogP contribution in [0.25, 0.3) is 0 Å². The summed E-state index contributed by atoms with van der Waals surface area (Å²) < 4.78 is 10.4. The van der Waals surface area contributed by atoms with E-state index in [0.717, 1.165) is 0 Å². The quantitative estimate of drug-likeness (QED) is 0.652. The van der Waals surface area contributed by atoms with E-state index < -0.39 is 0 Å². The molecule has 0 aliphatic heterocycles. The van der Waals surface area contributed by atoms with Crippen LogP contribution in [0.2, 0.25) is 0 Å². The second-order valence-corrected chi connectivity index (χ2v) is 5.69. The first-order valence-corrected chi connectivity index (χ1v) is 7.48. The fourth-order valence-corrected chi connectivity index (χ4v) is 2.41. The Bertz CT molecular complexity index is 615. The van der Waals surface area contributed by atoms with Gasteiger partial charge in [-0.05, 0) is 13.0 Å². The molecule has 0 spiro atoms. The maximum Gasteiger partial charge on any atom is 0.237 e. The number of methoxy groups -OCH3 is 2. The normalized spacial score (nSPS) is 11.6. The van der Waals surface area contributed by atoms with Crippen LogP contribution < -0.4 is 14.8 Å². The molecule has 1 N–H and O–H groups in total. The van der Waals surface area contributed by atoms with Crippen LogP contribution in [-0.2, 0) is 4.79 Å². The number of nitrogens with zero attached hydrogens (tertiary/aromatic N) is 2. The van der Waals surface area contributed by atoms with Gasteiger partial charge >= 0.3 is 0 Å². The predicted octanol–water partition coefficient (Wildman–Crippen LogP) is 2.61. The van der Waals surface area contributed by atoms with Crippen molar-refractivity contribution in [3.8, 4) is 11.5 Å². The van der Waals surface area contributed by atoms with Crippen molar-refractivity contribution in [3.63, 3.8) is 0 Å². The van der Waals surface area contributed by atoms with E-state index in [2.05, 4.69) is 15.3 Å². The van der Waals surface area contributed by atoms with Gasteiger partial charge in [0, 0.05) is 36.3 Å². The van der Waals surface area contributed by atoms with Gasteiger partial charge in [0.15, 0.2) is 5.16 Å². The molecule has 1 amide bonds. The van der Waals surface area contributed by atoms with E-state index in [1.54, 1.807) is 57.8 Å². The number of hydrogen-bond acceptors (Lipinski definition) is 6. The van der Waals surface area contributed by atoms with Crippen molar-refractivity contribution in [2.24, 2.45) is 0 Å². The zero-order chi connectivity index (χ0) is 15.9. The molecule has 0 bridgehead atoms. The van der Waals surface area contributed by atoms with Gasteiger partial charge in [0.25, 0.3) is 0 Å². The summed E-state index contributed by atoms with van der Waals surface area (Å²) in [6, 6.07) is 6.94. The van der Waals surface area contributed by atoms with Crippen LogP contribution in [0.3, 0.4) is 0 Å². The molecule has 6 nitrogen and oxygen atoms in total. The fraction of sp³-hybridized carbons (Fsp3) is 0.267. The first kappa shape index (κ1) is 16.1. The summed E-state index contributed by atoms with van der Waals surface area (Å²) in [5.74, 6) is 1.08. The summed E-state index contributed by atoms with van der Waals surface area (Å²) in [7, 11) is 3.12. The molecule has 7 heteroatoms. The lowest BCUT2D eigenvalue weighted by atomic mass is 10.2. The summed E-state index contributed by atoms with van der Waals surface area (Å²) in [6.07, 6.45) is 3.29. The van der Waals surface area contributed by atoms with Crippen LogP contribution in [0.15, 0.2) is 41.8 Å². The SMILES string of the molecule is COc1cc(NC(=O)C(C)Sc2ncccn2)cc(OC)c1. The van der Waals surface area contributed by atoms with Gasteiger partial charge in [-0.2, -0.15) is 0 Å². The lowest BCUT2D eigenvalue weighted by Crippen LogP contribution is -2.22. The standard InChI is InChI=1S/C15H17N3O3S/c1-10(22-15-16-5-4-6-17-15)14(19)18-11-7-12(20-2)9-13(8-11)21-3/h4-10H,1-3H3,(H,18,19). The third-order valence-corrected chi connectivity index (χ3v) is 3.80. The molecular weight excluding hydrogens is 302 g/mol. The minimum Gasteiger partial charge on any atom is -0.497 e. The van der Waals surface area contributed by atoms with Crippen molar-refractivity contribution in [2.45, 2.75) is 17.3 Å². The number of nitrogens with one attached hydrogen (secondary N) is 1. The number of rotatable bonds is 6. The Morgan fingerprint density at radius 1 is 1.14 bits per heavy atom. The number of aromatic nitrogens is 2. The number of benzene rings is 1. The van der Waals surface area contributed by atoms with Crippen molar-refractivity contribution in [3.05, 3.63) is 36.7 Å². The summed E-state index contributed by atoms with van der Waals surface area (Å²) >= 11 is 1.29. The van der Waals surface area contributed by atoms with Gasteiger partial charge in [-0.1, -0.05) is 11.8 Å². The van der Waals surface area contributed by atoms with Crippen LogP contribution in [0.4, 0.5) is 5.69 Å². The van der Waals surface area contributed by atoms with Gasteiger partial charge < -0.3 is 14.8 Å². The maximum absolute atomic E-state index is 12.2. The fourth-order valence-electron chi connectivity index (χ4n) is 1.68. The van der Waals surface area contributed by atoms with E-state index in [1.807, 2.05) is 0 Å². The van der Waals surface area contributed by atoms with Gasteiger partial charge in [-0.3, -0.25) is 4.79 Å². The predicted molar refractivity (Wildman–Crippen MR) is 85.5 cm³/mol. The zero-order valence-corrected chi connectivity index (χ0v) is 13.4. The summed E-state index contributed by atoms with van der Waals surface area (Å²) in [5, 5.41) is 3.07. The van der Waals surface area contributed by atoms with E-state index >= 15 is 0 Å². The number of thioether (sulfide) groups is 1. The average molecular weight is 319 g/mol. The largest absolute Gasteiger partial charge is 0.497 e. The first-order chi connectivity index (χ1) is 10.6. The van der Waals surface area contributed by atoms with Gasteiger partial charge in [0.05, 0.1) is 19.5 Å². The molecule has 0 fully saturated rings. The van der Waals surface area contributed by atoms with E-state index in [-0.39, 0.29) is 11.2 Å². The Morgan fingerprint density at radius 3 is 2.27 bits per heavy atom. The Labute approximate surface area is 133 Å².